The SMILES string of the molecule is CSc1ccc(Cn2cnc3c4nc(=O)n(Cc5ccc(C)cc5)c-4ncnc32)cc1. The Morgan fingerprint density at radius 2 is 1.61 bits per heavy atom. The maximum absolute atomic E-state index is 12.7. The topological polar surface area (TPSA) is 78.5 Å². The molecule has 154 valence electrons. The summed E-state index contributed by atoms with van der Waals surface area (Å²) in [7, 11) is 0. The first kappa shape index (κ1) is 19.4. The lowest BCUT2D eigenvalue weighted by Crippen LogP contribution is -2.17. The first-order valence-electron chi connectivity index (χ1n) is 9.87. The normalized spacial score (nSPS) is 11.4. The van der Waals surface area contributed by atoms with E-state index in [1.165, 1.54) is 16.8 Å². The molecule has 0 saturated heterocycles. The highest BCUT2D eigenvalue weighted by atomic mass is 32.2. The summed E-state index contributed by atoms with van der Waals surface area (Å²) >= 11 is 1.71. The average Bonchev–Trinajstić information content (AvgIpc) is 3.25. The van der Waals surface area contributed by atoms with Gasteiger partial charge < -0.3 is 4.57 Å². The Balaban J connectivity index is 1.53. The van der Waals surface area contributed by atoms with Crippen molar-refractivity contribution < 1.29 is 0 Å². The molecule has 7 nitrogen and oxygen atoms in total. The van der Waals surface area contributed by atoms with Crippen LogP contribution in [0.1, 0.15) is 16.7 Å². The number of rotatable bonds is 5. The summed E-state index contributed by atoms with van der Waals surface area (Å²) in [6.45, 7) is 3.06. The second-order valence-corrected chi connectivity index (χ2v) is 8.28. The molecule has 0 unspecified atom stereocenters. The molecular weight excluding hydrogens is 408 g/mol. The molecule has 3 aromatic rings. The Morgan fingerprint density at radius 3 is 2.35 bits per heavy atom. The van der Waals surface area contributed by atoms with Crippen LogP contribution in [0.4, 0.5) is 0 Å². The second kappa shape index (κ2) is 7.96. The van der Waals surface area contributed by atoms with Crippen LogP contribution in [0.3, 0.4) is 0 Å². The fourth-order valence-electron chi connectivity index (χ4n) is 3.59. The van der Waals surface area contributed by atoms with Crippen molar-refractivity contribution in [3.8, 4) is 11.5 Å². The maximum Gasteiger partial charge on any atom is 0.350 e. The molecule has 0 fully saturated rings. The standard InChI is InChI=1S/C23H20N6OS/c1-15-3-5-17(6-4-15)12-29-22-20(27-23(29)30)19-21(24-13-25-22)28(14-26-19)11-16-7-9-18(31-2)10-8-16/h3-10,13-14H,11-12H2,1-2H3. The van der Waals surface area contributed by atoms with Gasteiger partial charge in [-0.2, -0.15) is 4.98 Å². The summed E-state index contributed by atoms with van der Waals surface area (Å²) in [6, 6.07) is 16.5. The molecule has 0 amide bonds. The number of fused-ring (bicyclic) bond motifs is 3. The summed E-state index contributed by atoms with van der Waals surface area (Å²) in [4.78, 5) is 31.6. The molecule has 2 aliphatic rings. The van der Waals surface area contributed by atoms with Gasteiger partial charge in [0.15, 0.2) is 11.5 Å². The number of benzene rings is 2. The quantitative estimate of drug-likeness (QED) is 0.398. The number of thioether (sulfide) groups is 1. The third kappa shape index (κ3) is 3.70. The van der Waals surface area contributed by atoms with E-state index in [0.29, 0.717) is 35.8 Å². The van der Waals surface area contributed by atoms with E-state index in [1.54, 1.807) is 22.7 Å². The molecule has 3 heterocycles. The molecule has 0 saturated carbocycles. The molecule has 0 atom stereocenters. The van der Waals surface area contributed by atoms with Crippen molar-refractivity contribution in [1.82, 2.24) is 29.1 Å². The minimum Gasteiger partial charge on any atom is -0.311 e. The van der Waals surface area contributed by atoms with Gasteiger partial charge in [-0.15, -0.1) is 11.8 Å². The van der Waals surface area contributed by atoms with E-state index < -0.39 is 0 Å². The molecule has 31 heavy (non-hydrogen) atoms. The first-order chi connectivity index (χ1) is 15.1. The lowest BCUT2D eigenvalue weighted by Gasteiger charge is -2.04. The van der Waals surface area contributed by atoms with Crippen LogP contribution >= 0.6 is 11.8 Å². The predicted octanol–water partition coefficient (Wildman–Crippen LogP) is 3.61. The smallest absolute Gasteiger partial charge is 0.311 e. The van der Waals surface area contributed by atoms with Crippen molar-refractivity contribution in [3.05, 3.63) is 88.4 Å². The van der Waals surface area contributed by atoms with E-state index in [9.17, 15) is 4.79 Å². The lowest BCUT2D eigenvalue weighted by molar-refractivity contribution is 0.758. The van der Waals surface area contributed by atoms with Crippen molar-refractivity contribution in [1.29, 1.82) is 0 Å². The van der Waals surface area contributed by atoms with Gasteiger partial charge in [-0.25, -0.2) is 19.7 Å². The third-order valence-corrected chi connectivity index (χ3v) is 6.02. The van der Waals surface area contributed by atoms with Gasteiger partial charge >= 0.3 is 5.69 Å². The molecule has 2 aliphatic heterocycles. The zero-order valence-corrected chi connectivity index (χ0v) is 18.0. The van der Waals surface area contributed by atoms with E-state index in [4.69, 9.17) is 0 Å². The minimum absolute atomic E-state index is 0.335. The number of aryl methyl sites for hydroxylation is 1. The van der Waals surface area contributed by atoms with Crippen molar-refractivity contribution in [2.24, 2.45) is 0 Å². The number of nitrogens with zero attached hydrogens (tertiary/aromatic N) is 6. The van der Waals surface area contributed by atoms with E-state index in [2.05, 4.69) is 50.5 Å². The highest BCUT2D eigenvalue weighted by Crippen LogP contribution is 2.24. The van der Waals surface area contributed by atoms with Gasteiger partial charge in [0.05, 0.1) is 19.4 Å². The van der Waals surface area contributed by atoms with E-state index in [1.807, 2.05) is 35.8 Å². The molecular formula is C23H20N6OS. The molecule has 0 aliphatic carbocycles. The molecule has 0 bridgehead atoms. The van der Waals surface area contributed by atoms with Crippen LogP contribution in [0, 0.1) is 6.92 Å². The van der Waals surface area contributed by atoms with E-state index in [-0.39, 0.29) is 5.69 Å². The van der Waals surface area contributed by atoms with Gasteiger partial charge in [-0.1, -0.05) is 42.0 Å². The molecule has 2 aromatic carbocycles. The highest BCUT2D eigenvalue weighted by Gasteiger charge is 2.21. The van der Waals surface area contributed by atoms with Crippen molar-refractivity contribution in [3.63, 3.8) is 0 Å². The van der Waals surface area contributed by atoms with Crippen LogP contribution in [0.5, 0.6) is 0 Å². The minimum atomic E-state index is -0.335. The molecule has 0 radical (unpaired) electrons. The first-order valence-corrected chi connectivity index (χ1v) is 11.1. The zero-order valence-electron chi connectivity index (χ0n) is 17.2. The summed E-state index contributed by atoms with van der Waals surface area (Å²) in [5.74, 6) is 0.489. The number of imidazole rings is 2. The highest BCUT2D eigenvalue weighted by molar-refractivity contribution is 7.98. The summed E-state index contributed by atoms with van der Waals surface area (Å²) < 4.78 is 3.52. The van der Waals surface area contributed by atoms with E-state index >= 15 is 0 Å². The van der Waals surface area contributed by atoms with Crippen LogP contribution in [0.25, 0.3) is 22.7 Å². The van der Waals surface area contributed by atoms with E-state index in [0.717, 1.165) is 11.1 Å². The number of hydrogen-bond acceptors (Lipinski definition) is 6. The van der Waals surface area contributed by atoms with Crippen molar-refractivity contribution >= 4 is 22.9 Å². The van der Waals surface area contributed by atoms with Gasteiger partial charge in [-0.05, 0) is 36.4 Å². The summed E-state index contributed by atoms with van der Waals surface area (Å²) in [6.07, 6.45) is 5.28. The average molecular weight is 429 g/mol. The molecule has 1 aromatic heterocycles. The lowest BCUT2D eigenvalue weighted by atomic mass is 10.1. The maximum atomic E-state index is 12.7. The Bertz CT molecular complexity index is 1390. The molecule has 0 spiro atoms. The van der Waals surface area contributed by atoms with Crippen LogP contribution in [-0.2, 0) is 13.1 Å². The Labute approximate surface area is 183 Å². The fraction of sp³-hybridized carbons (Fsp3) is 0.174. The zero-order chi connectivity index (χ0) is 21.4. The second-order valence-electron chi connectivity index (χ2n) is 7.40. The third-order valence-electron chi connectivity index (χ3n) is 5.27. The largest absolute Gasteiger partial charge is 0.350 e. The fourth-order valence-corrected chi connectivity index (χ4v) is 4.00. The van der Waals surface area contributed by atoms with Gasteiger partial charge in [-0.3, -0.25) is 4.57 Å². The Morgan fingerprint density at radius 1 is 0.903 bits per heavy atom. The van der Waals surface area contributed by atoms with Crippen molar-refractivity contribution in [2.45, 2.75) is 24.9 Å². The van der Waals surface area contributed by atoms with Gasteiger partial charge in [0.1, 0.15) is 17.5 Å². The van der Waals surface area contributed by atoms with Gasteiger partial charge in [0, 0.05) is 4.90 Å². The monoisotopic (exact) mass is 428 g/mol. The molecule has 0 N–H and O–H groups in total. The summed E-state index contributed by atoms with van der Waals surface area (Å²) in [5, 5.41) is 0. The summed E-state index contributed by atoms with van der Waals surface area (Å²) in [5.41, 5.74) is 4.69. The van der Waals surface area contributed by atoms with Crippen LogP contribution in [-0.4, -0.2) is 35.3 Å². The molecule has 5 rings (SSSR count). The number of aromatic nitrogens is 6. The predicted molar refractivity (Wildman–Crippen MR) is 122 cm³/mol. The Hall–Kier alpha value is -3.52. The van der Waals surface area contributed by atoms with Crippen LogP contribution in [0.2, 0.25) is 0 Å². The van der Waals surface area contributed by atoms with Crippen LogP contribution in [0.15, 0.2) is 70.9 Å². The van der Waals surface area contributed by atoms with Gasteiger partial charge in [0.2, 0.25) is 0 Å². The van der Waals surface area contributed by atoms with Crippen LogP contribution < -0.4 is 5.69 Å². The van der Waals surface area contributed by atoms with Crippen molar-refractivity contribution in [2.75, 3.05) is 6.26 Å². The van der Waals surface area contributed by atoms with Gasteiger partial charge in [0.25, 0.3) is 0 Å². The Kier molecular flexibility index (Phi) is 4.99. The number of hydrogen-bond donors (Lipinski definition) is 0. The molecule has 8 heteroatoms.